The van der Waals surface area contributed by atoms with Gasteiger partial charge in [0.15, 0.2) is 5.96 Å². The normalized spacial score (nSPS) is 20.5. The molecule has 0 saturated carbocycles. The van der Waals surface area contributed by atoms with E-state index in [0.717, 1.165) is 56.8 Å². The Morgan fingerprint density at radius 1 is 1.13 bits per heavy atom. The van der Waals surface area contributed by atoms with Gasteiger partial charge in [0.2, 0.25) is 5.91 Å². The highest BCUT2D eigenvalue weighted by Gasteiger charge is 2.30. The molecular formula is C24H36N4O3. The minimum absolute atomic E-state index is 0.0995. The van der Waals surface area contributed by atoms with Crippen LogP contribution >= 0.6 is 0 Å². The maximum absolute atomic E-state index is 12.8. The molecule has 0 bridgehead atoms. The van der Waals surface area contributed by atoms with Crippen molar-refractivity contribution in [1.29, 1.82) is 0 Å². The van der Waals surface area contributed by atoms with Crippen molar-refractivity contribution in [3.05, 3.63) is 28.8 Å². The SMILES string of the molecule is CCNC(=NCc1c(O)ccc2c1CCCC2)N1CCC(C(=O)N2CCOCC2)CC1. The highest BCUT2D eigenvalue weighted by Crippen LogP contribution is 2.31. The van der Waals surface area contributed by atoms with E-state index in [1.807, 2.05) is 11.0 Å². The molecule has 7 nitrogen and oxygen atoms in total. The summed E-state index contributed by atoms with van der Waals surface area (Å²) in [6, 6.07) is 3.89. The Kier molecular flexibility index (Phi) is 7.33. The van der Waals surface area contributed by atoms with Gasteiger partial charge in [-0.2, -0.15) is 0 Å². The van der Waals surface area contributed by atoms with Gasteiger partial charge in [0, 0.05) is 44.2 Å². The van der Waals surface area contributed by atoms with Crippen molar-refractivity contribution in [2.24, 2.45) is 10.9 Å². The van der Waals surface area contributed by atoms with Crippen LogP contribution in [0.5, 0.6) is 5.75 Å². The number of phenolic OH excluding ortho intramolecular Hbond substituents is 1. The molecule has 1 aromatic rings. The molecule has 0 spiro atoms. The number of nitrogens with zero attached hydrogens (tertiary/aromatic N) is 3. The molecule has 1 aromatic carbocycles. The van der Waals surface area contributed by atoms with E-state index in [-0.39, 0.29) is 11.8 Å². The zero-order valence-corrected chi connectivity index (χ0v) is 18.7. The lowest BCUT2D eigenvalue weighted by molar-refractivity contribution is -0.140. The Balaban J connectivity index is 1.40. The fourth-order valence-electron chi connectivity index (χ4n) is 5.03. The van der Waals surface area contributed by atoms with Crippen LogP contribution in [0.1, 0.15) is 49.3 Å². The third-order valence-electron chi connectivity index (χ3n) is 6.81. The molecule has 4 rings (SSSR count). The number of carbonyl (C=O) groups excluding carboxylic acids is 1. The lowest BCUT2D eigenvalue weighted by Gasteiger charge is -2.36. The molecule has 3 aliphatic rings. The number of morpholine rings is 1. The number of hydrogen-bond donors (Lipinski definition) is 2. The summed E-state index contributed by atoms with van der Waals surface area (Å²) in [5.41, 5.74) is 3.63. The predicted octanol–water partition coefficient (Wildman–Crippen LogP) is 2.31. The van der Waals surface area contributed by atoms with Crippen molar-refractivity contribution in [3.8, 4) is 5.75 Å². The Morgan fingerprint density at radius 3 is 2.61 bits per heavy atom. The molecular weight excluding hydrogens is 392 g/mol. The van der Waals surface area contributed by atoms with Crippen molar-refractivity contribution in [3.63, 3.8) is 0 Å². The van der Waals surface area contributed by atoms with Crippen LogP contribution < -0.4 is 5.32 Å². The Hall–Kier alpha value is -2.28. The van der Waals surface area contributed by atoms with E-state index in [2.05, 4.69) is 23.2 Å². The summed E-state index contributed by atoms with van der Waals surface area (Å²) in [5, 5.41) is 13.9. The first-order valence-corrected chi connectivity index (χ1v) is 11.9. The van der Waals surface area contributed by atoms with E-state index in [0.29, 0.717) is 38.6 Å². The quantitative estimate of drug-likeness (QED) is 0.569. The van der Waals surface area contributed by atoms with Crippen LogP contribution in [0.4, 0.5) is 0 Å². The van der Waals surface area contributed by atoms with Gasteiger partial charge in [0.25, 0.3) is 0 Å². The number of hydrogen-bond acceptors (Lipinski definition) is 4. The molecule has 0 unspecified atom stereocenters. The molecule has 0 aromatic heterocycles. The number of piperidine rings is 1. The molecule has 2 saturated heterocycles. The molecule has 2 fully saturated rings. The van der Waals surface area contributed by atoms with Crippen molar-refractivity contribution in [1.82, 2.24) is 15.1 Å². The molecule has 1 aliphatic carbocycles. The van der Waals surface area contributed by atoms with E-state index >= 15 is 0 Å². The van der Waals surface area contributed by atoms with E-state index in [9.17, 15) is 9.90 Å². The fourth-order valence-corrected chi connectivity index (χ4v) is 5.03. The number of aliphatic imine (C=N–C) groups is 1. The largest absolute Gasteiger partial charge is 0.508 e. The number of carbonyl (C=O) groups is 1. The van der Waals surface area contributed by atoms with Crippen molar-refractivity contribution in [2.45, 2.75) is 52.0 Å². The summed E-state index contributed by atoms with van der Waals surface area (Å²) in [5.74, 6) is 1.62. The second kappa shape index (κ2) is 10.4. The number of ether oxygens (including phenoxy) is 1. The number of rotatable bonds is 4. The van der Waals surface area contributed by atoms with Gasteiger partial charge in [-0.05, 0) is 62.6 Å². The maximum atomic E-state index is 12.8. The van der Waals surface area contributed by atoms with Crippen LogP contribution in [0.3, 0.4) is 0 Å². The number of likely N-dealkylation sites (tertiary alicyclic amines) is 1. The number of amides is 1. The Morgan fingerprint density at radius 2 is 1.87 bits per heavy atom. The standard InChI is InChI=1S/C24H36N4O3/c1-2-25-24(26-17-21-20-6-4-3-5-18(20)7-8-22(21)29)28-11-9-19(10-12-28)23(30)27-13-15-31-16-14-27/h7-8,19,29H,2-6,9-17H2,1H3,(H,25,26). The summed E-state index contributed by atoms with van der Waals surface area (Å²) in [4.78, 5) is 21.9. The maximum Gasteiger partial charge on any atom is 0.225 e. The molecule has 170 valence electrons. The molecule has 2 heterocycles. The van der Waals surface area contributed by atoms with Gasteiger partial charge >= 0.3 is 0 Å². The second-order valence-electron chi connectivity index (χ2n) is 8.78. The van der Waals surface area contributed by atoms with E-state index < -0.39 is 0 Å². The third kappa shape index (κ3) is 5.14. The average Bonchev–Trinajstić information content (AvgIpc) is 2.83. The van der Waals surface area contributed by atoms with E-state index in [4.69, 9.17) is 9.73 Å². The number of fused-ring (bicyclic) bond motifs is 1. The lowest BCUT2D eigenvalue weighted by atomic mass is 9.88. The highest BCUT2D eigenvalue weighted by molar-refractivity contribution is 5.82. The monoisotopic (exact) mass is 428 g/mol. The number of aryl methyl sites for hydroxylation is 1. The molecule has 0 atom stereocenters. The predicted molar refractivity (Wildman–Crippen MR) is 121 cm³/mol. The van der Waals surface area contributed by atoms with Crippen LogP contribution in [0.25, 0.3) is 0 Å². The Bertz CT molecular complexity index is 796. The molecule has 2 N–H and O–H groups in total. The van der Waals surface area contributed by atoms with E-state index in [1.165, 1.54) is 24.0 Å². The van der Waals surface area contributed by atoms with Gasteiger partial charge in [-0.1, -0.05) is 6.07 Å². The summed E-state index contributed by atoms with van der Waals surface area (Å²) in [6.45, 7) is 7.75. The van der Waals surface area contributed by atoms with Crippen LogP contribution in [0.2, 0.25) is 0 Å². The van der Waals surface area contributed by atoms with Crippen LogP contribution in [-0.4, -0.2) is 72.7 Å². The van der Waals surface area contributed by atoms with E-state index in [1.54, 1.807) is 0 Å². The minimum Gasteiger partial charge on any atom is -0.508 e. The first kappa shape index (κ1) is 21.9. The lowest BCUT2D eigenvalue weighted by Crippen LogP contribution is -2.50. The van der Waals surface area contributed by atoms with Gasteiger partial charge in [-0.3, -0.25) is 4.79 Å². The van der Waals surface area contributed by atoms with Gasteiger partial charge in [0.05, 0.1) is 19.8 Å². The number of guanidine groups is 1. The summed E-state index contributed by atoms with van der Waals surface area (Å²) < 4.78 is 5.38. The molecule has 1 amide bonds. The third-order valence-corrected chi connectivity index (χ3v) is 6.81. The van der Waals surface area contributed by atoms with Crippen molar-refractivity contribution in [2.75, 3.05) is 45.9 Å². The number of phenols is 1. The van der Waals surface area contributed by atoms with Gasteiger partial charge in [-0.15, -0.1) is 0 Å². The first-order chi connectivity index (χ1) is 15.2. The fraction of sp³-hybridized carbons (Fsp3) is 0.667. The number of nitrogens with one attached hydrogen (secondary N) is 1. The Labute approximate surface area is 185 Å². The first-order valence-electron chi connectivity index (χ1n) is 11.9. The summed E-state index contributed by atoms with van der Waals surface area (Å²) in [7, 11) is 0. The minimum atomic E-state index is 0.0995. The number of aromatic hydroxyl groups is 1. The molecule has 0 radical (unpaired) electrons. The zero-order valence-electron chi connectivity index (χ0n) is 18.7. The molecule has 31 heavy (non-hydrogen) atoms. The van der Waals surface area contributed by atoms with Crippen molar-refractivity contribution < 1.29 is 14.6 Å². The van der Waals surface area contributed by atoms with Crippen molar-refractivity contribution >= 4 is 11.9 Å². The molecule has 2 aliphatic heterocycles. The van der Waals surface area contributed by atoms with Gasteiger partial charge in [-0.25, -0.2) is 4.99 Å². The van der Waals surface area contributed by atoms with Crippen LogP contribution in [-0.2, 0) is 28.9 Å². The average molecular weight is 429 g/mol. The second-order valence-corrected chi connectivity index (χ2v) is 8.78. The van der Waals surface area contributed by atoms with Crippen LogP contribution in [0, 0.1) is 5.92 Å². The highest BCUT2D eigenvalue weighted by atomic mass is 16.5. The summed E-state index contributed by atoms with van der Waals surface area (Å²) in [6.07, 6.45) is 6.23. The zero-order chi connectivity index (χ0) is 21.6. The van der Waals surface area contributed by atoms with Gasteiger partial charge in [0.1, 0.15) is 5.75 Å². The smallest absolute Gasteiger partial charge is 0.225 e. The summed E-state index contributed by atoms with van der Waals surface area (Å²) >= 11 is 0. The number of benzene rings is 1. The van der Waals surface area contributed by atoms with Crippen LogP contribution in [0.15, 0.2) is 17.1 Å². The molecule has 7 heteroatoms. The van der Waals surface area contributed by atoms with Gasteiger partial charge < -0.3 is 25.0 Å². The topological polar surface area (TPSA) is 77.4 Å².